The smallest absolute Gasteiger partial charge is 0.0617 e. The number of para-hydroxylation sites is 1. The first-order valence-electron chi connectivity index (χ1n) is 8.02. The summed E-state index contributed by atoms with van der Waals surface area (Å²) in [6, 6.07) is 16.6. The highest BCUT2D eigenvalue weighted by atomic mass is 16.3. The van der Waals surface area contributed by atoms with Crippen molar-refractivity contribution in [3.05, 3.63) is 65.2 Å². The second-order valence-electron chi connectivity index (χ2n) is 6.44. The highest BCUT2D eigenvalue weighted by molar-refractivity contribution is 5.58. The SMILES string of the molecule is O[C@@H]1CC[C@@H](O)C1[C@@H]1Nc2ccccc2Cc2ccccc21. The largest absolute Gasteiger partial charge is 0.393 e. The number of aliphatic hydroxyl groups is 2. The molecule has 3 nitrogen and oxygen atoms in total. The molecular weight excluding hydrogens is 274 g/mol. The number of aliphatic hydroxyl groups excluding tert-OH is 2. The highest BCUT2D eigenvalue weighted by Gasteiger charge is 2.41. The molecule has 0 aromatic heterocycles. The van der Waals surface area contributed by atoms with Crippen LogP contribution in [-0.2, 0) is 6.42 Å². The number of hydrogen-bond donors (Lipinski definition) is 3. The van der Waals surface area contributed by atoms with Crippen LogP contribution in [-0.4, -0.2) is 22.4 Å². The molecule has 22 heavy (non-hydrogen) atoms. The van der Waals surface area contributed by atoms with E-state index >= 15 is 0 Å². The van der Waals surface area contributed by atoms with Crippen molar-refractivity contribution in [1.29, 1.82) is 0 Å². The number of anilines is 1. The van der Waals surface area contributed by atoms with Crippen molar-refractivity contribution in [2.75, 3.05) is 5.32 Å². The van der Waals surface area contributed by atoms with E-state index in [9.17, 15) is 10.2 Å². The molecule has 0 radical (unpaired) electrons. The van der Waals surface area contributed by atoms with Gasteiger partial charge in [-0.05, 0) is 42.0 Å². The maximum Gasteiger partial charge on any atom is 0.0617 e. The molecule has 2 aromatic rings. The average molecular weight is 295 g/mol. The molecule has 2 aliphatic rings. The van der Waals surface area contributed by atoms with Crippen LogP contribution in [0.4, 0.5) is 5.69 Å². The molecule has 1 fully saturated rings. The predicted octanol–water partition coefficient (Wildman–Crippen LogP) is 2.88. The van der Waals surface area contributed by atoms with Gasteiger partial charge in [0.05, 0.1) is 18.2 Å². The van der Waals surface area contributed by atoms with Crippen molar-refractivity contribution in [2.45, 2.75) is 37.5 Å². The van der Waals surface area contributed by atoms with E-state index in [2.05, 4.69) is 41.7 Å². The minimum Gasteiger partial charge on any atom is -0.393 e. The van der Waals surface area contributed by atoms with Crippen molar-refractivity contribution in [3.63, 3.8) is 0 Å². The Morgan fingerprint density at radius 3 is 2.23 bits per heavy atom. The molecular formula is C19H21NO2. The summed E-state index contributed by atoms with van der Waals surface area (Å²) in [5, 5.41) is 24.4. The average Bonchev–Trinajstić information content (AvgIpc) is 2.78. The van der Waals surface area contributed by atoms with E-state index in [0.29, 0.717) is 12.8 Å². The second-order valence-corrected chi connectivity index (χ2v) is 6.44. The molecule has 0 bridgehead atoms. The topological polar surface area (TPSA) is 52.5 Å². The minimum absolute atomic E-state index is 0.0488. The second kappa shape index (κ2) is 5.41. The summed E-state index contributed by atoms with van der Waals surface area (Å²) in [5.74, 6) is -0.160. The zero-order valence-electron chi connectivity index (χ0n) is 12.4. The lowest BCUT2D eigenvalue weighted by Gasteiger charge is -2.30. The Labute approximate surface area is 130 Å². The van der Waals surface area contributed by atoms with Crippen LogP contribution < -0.4 is 5.32 Å². The van der Waals surface area contributed by atoms with Gasteiger partial charge in [0.1, 0.15) is 0 Å². The number of benzene rings is 2. The van der Waals surface area contributed by atoms with E-state index in [1.54, 1.807) is 0 Å². The molecule has 114 valence electrons. The number of hydrogen-bond acceptors (Lipinski definition) is 3. The van der Waals surface area contributed by atoms with Gasteiger partial charge in [0.25, 0.3) is 0 Å². The van der Waals surface area contributed by atoms with Crippen LogP contribution in [0.15, 0.2) is 48.5 Å². The summed E-state index contributed by atoms with van der Waals surface area (Å²) < 4.78 is 0. The Bertz CT molecular complexity index is 675. The van der Waals surface area contributed by atoms with Crippen LogP contribution in [0, 0.1) is 5.92 Å². The Balaban J connectivity index is 1.83. The van der Waals surface area contributed by atoms with Gasteiger partial charge in [-0.15, -0.1) is 0 Å². The van der Waals surface area contributed by atoms with Crippen LogP contribution >= 0.6 is 0 Å². The molecule has 1 heterocycles. The van der Waals surface area contributed by atoms with Crippen molar-refractivity contribution >= 4 is 5.69 Å². The van der Waals surface area contributed by atoms with Gasteiger partial charge in [-0.25, -0.2) is 0 Å². The van der Waals surface area contributed by atoms with Gasteiger partial charge in [0, 0.05) is 11.6 Å². The fourth-order valence-electron chi connectivity index (χ4n) is 4.00. The van der Waals surface area contributed by atoms with Crippen LogP contribution in [0.3, 0.4) is 0 Å². The van der Waals surface area contributed by atoms with Gasteiger partial charge in [-0.2, -0.15) is 0 Å². The van der Waals surface area contributed by atoms with Gasteiger partial charge in [-0.3, -0.25) is 0 Å². The molecule has 3 N–H and O–H groups in total. The molecule has 0 spiro atoms. The Kier molecular flexibility index (Phi) is 3.40. The van der Waals surface area contributed by atoms with Gasteiger partial charge < -0.3 is 15.5 Å². The summed E-state index contributed by atoms with van der Waals surface area (Å²) in [6.07, 6.45) is 1.33. The van der Waals surface area contributed by atoms with E-state index in [4.69, 9.17) is 0 Å². The van der Waals surface area contributed by atoms with Crippen molar-refractivity contribution in [1.82, 2.24) is 0 Å². The predicted molar refractivity (Wildman–Crippen MR) is 86.8 cm³/mol. The summed E-state index contributed by atoms with van der Waals surface area (Å²) in [5.41, 5.74) is 4.84. The molecule has 0 saturated heterocycles. The lowest BCUT2D eigenvalue weighted by molar-refractivity contribution is 0.0539. The Morgan fingerprint density at radius 1 is 0.818 bits per heavy atom. The quantitative estimate of drug-likeness (QED) is 0.758. The fourth-order valence-corrected chi connectivity index (χ4v) is 4.00. The van der Waals surface area contributed by atoms with Crippen LogP contribution in [0.1, 0.15) is 35.6 Å². The van der Waals surface area contributed by atoms with E-state index in [1.165, 1.54) is 16.7 Å². The van der Waals surface area contributed by atoms with Gasteiger partial charge in [0.2, 0.25) is 0 Å². The molecule has 2 aromatic carbocycles. The third-order valence-corrected chi connectivity index (χ3v) is 5.13. The summed E-state index contributed by atoms with van der Waals surface area (Å²) >= 11 is 0. The monoisotopic (exact) mass is 295 g/mol. The standard InChI is InChI=1S/C19H21NO2/c21-16-9-10-17(22)18(16)19-14-7-3-1-5-12(14)11-13-6-2-4-8-15(13)20-19/h1-8,16-22H,9-11H2/t16-,17-,19-/m1/s1. The Hall–Kier alpha value is -1.84. The molecule has 3 atom stereocenters. The fraction of sp³-hybridized carbons (Fsp3) is 0.368. The molecule has 0 amide bonds. The summed E-state index contributed by atoms with van der Waals surface area (Å²) in [4.78, 5) is 0. The minimum atomic E-state index is -0.453. The first-order valence-corrected chi connectivity index (χ1v) is 8.02. The first kappa shape index (κ1) is 13.8. The van der Waals surface area contributed by atoms with Crippen LogP contribution in [0.2, 0.25) is 0 Å². The summed E-state index contributed by atoms with van der Waals surface area (Å²) in [7, 11) is 0. The maximum absolute atomic E-state index is 10.4. The molecule has 1 saturated carbocycles. The zero-order valence-corrected chi connectivity index (χ0v) is 12.4. The lowest BCUT2D eigenvalue weighted by atomic mass is 9.86. The number of rotatable bonds is 1. The van der Waals surface area contributed by atoms with Crippen LogP contribution in [0.5, 0.6) is 0 Å². The van der Waals surface area contributed by atoms with Crippen molar-refractivity contribution < 1.29 is 10.2 Å². The third kappa shape index (κ3) is 2.21. The molecule has 1 aliphatic carbocycles. The van der Waals surface area contributed by atoms with Gasteiger partial charge >= 0.3 is 0 Å². The first-order chi connectivity index (χ1) is 10.7. The molecule has 4 rings (SSSR count). The van der Waals surface area contributed by atoms with Crippen LogP contribution in [0.25, 0.3) is 0 Å². The molecule has 1 aliphatic heterocycles. The zero-order chi connectivity index (χ0) is 15.1. The lowest BCUT2D eigenvalue weighted by Crippen LogP contribution is -2.33. The van der Waals surface area contributed by atoms with Gasteiger partial charge in [0.15, 0.2) is 0 Å². The summed E-state index contributed by atoms with van der Waals surface area (Å²) in [6.45, 7) is 0. The van der Waals surface area contributed by atoms with E-state index < -0.39 is 12.2 Å². The normalized spacial score (nSPS) is 27.6. The van der Waals surface area contributed by atoms with E-state index in [0.717, 1.165) is 12.1 Å². The van der Waals surface area contributed by atoms with E-state index in [1.807, 2.05) is 12.1 Å². The van der Waals surface area contributed by atoms with Gasteiger partial charge in [-0.1, -0.05) is 42.5 Å². The number of nitrogens with one attached hydrogen (secondary N) is 1. The van der Waals surface area contributed by atoms with Crippen molar-refractivity contribution in [3.8, 4) is 0 Å². The number of fused-ring (bicyclic) bond motifs is 2. The maximum atomic E-state index is 10.4. The Morgan fingerprint density at radius 2 is 1.45 bits per heavy atom. The highest BCUT2D eigenvalue weighted by Crippen LogP contribution is 2.42. The molecule has 0 unspecified atom stereocenters. The van der Waals surface area contributed by atoms with E-state index in [-0.39, 0.29) is 12.0 Å². The molecule has 3 heteroatoms. The van der Waals surface area contributed by atoms with Crippen molar-refractivity contribution in [2.24, 2.45) is 5.92 Å². The third-order valence-electron chi connectivity index (χ3n) is 5.13.